The first-order valence-electron chi connectivity index (χ1n) is 11.2. The van der Waals surface area contributed by atoms with Crippen LogP contribution in [0.2, 0.25) is 0 Å². The second-order valence-corrected chi connectivity index (χ2v) is 8.80. The average molecular weight is 430 g/mol. The van der Waals surface area contributed by atoms with Crippen LogP contribution >= 0.6 is 0 Å². The fraction of sp³-hybridized carbons (Fsp3) is 0.583. The lowest BCUT2D eigenvalue weighted by Crippen LogP contribution is -2.41. The number of hydrogen-bond acceptors (Lipinski definition) is 6. The second kappa shape index (κ2) is 9.01. The van der Waals surface area contributed by atoms with E-state index < -0.39 is 5.63 Å². The molecule has 1 spiro atoms. The monoisotopic (exact) mass is 429 g/mol. The van der Waals surface area contributed by atoms with Gasteiger partial charge >= 0.3 is 5.63 Å². The quantitative estimate of drug-likeness (QED) is 0.685. The van der Waals surface area contributed by atoms with E-state index in [1.165, 1.54) is 24.2 Å². The molecule has 1 fully saturated rings. The van der Waals surface area contributed by atoms with Crippen molar-refractivity contribution < 1.29 is 24.2 Å². The highest BCUT2D eigenvalue weighted by Crippen LogP contribution is 2.43. The van der Waals surface area contributed by atoms with Gasteiger partial charge in [0.1, 0.15) is 16.9 Å². The normalized spacial score (nSPS) is 17.4. The Hall–Kier alpha value is -2.38. The average Bonchev–Trinajstić information content (AvgIpc) is 2.76. The zero-order valence-corrected chi connectivity index (χ0v) is 18.1. The van der Waals surface area contributed by atoms with Crippen molar-refractivity contribution >= 4 is 16.9 Å². The van der Waals surface area contributed by atoms with Crippen molar-refractivity contribution in [2.24, 2.45) is 0 Å². The van der Waals surface area contributed by atoms with Gasteiger partial charge in [0, 0.05) is 24.5 Å². The smallest absolute Gasteiger partial charge is 0.340 e. The number of ether oxygens (including phenoxy) is 1. The third kappa shape index (κ3) is 4.34. The molecule has 0 saturated heterocycles. The summed E-state index contributed by atoms with van der Waals surface area (Å²) in [6.07, 6.45) is 7.61. The summed E-state index contributed by atoms with van der Waals surface area (Å²) in [5, 5.41) is 19.2. The Bertz CT molecular complexity index is 1010. The van der Waals surface area contributed by atoms with E-state index in [1.54, 1.807) is 0 Å². The fourth-order valence-corrected chi connectivity index (χ4v) is 5.02. The summed E-state index contributed by atoms with van der Waals surface area (Å²) in [5.41, 5.74) is 2.03. The standard InChI is InChI=1S/C24H31NO6/c1-16-18-13-17-5-8-24(6-3-2-4-7-24)31-20(17)15-21(18)30-23(29)19(16)14-22(28)25(9-11-26)10-12-27/h13,15,26-27H,2-12,14H2,1H3. The van der Waals surface area contributed by atoms with E-state index in [0.717, 1.165) is 47.9 Å². The van der Waals surface area contributed by atoms with Crippen molar-refractivity contribution in [2.75, 3.05) is 26.3 Å². The summed E-state index contributed by atoms with van der Waals surface area (Å²) in [6, 6.07) is 3.87. The number of fused-ring (bicyclic) bond motifs is 2. The Morgan fingerprint density at radius 3 is 2.48 bits per heavy atom. The molecule has 1 saturated carbocycles. The van der Waals surface area contributed by atoms with Crippen molar-refractivity contribution in [3.8, 4) is 5.75 Å². The van der Waals surface area contributed by atoms with Crippen molar-refractivity contribution in [3.63, 3.8) is 0 Å². The highest BCUT2D eigenvalue weighted by molar-refractivity contribution is 5.86. The first-order valence-corrected chi connectivity index (χ1v) is 11.2. The van der Waals surface area contributed by atoms with Crippen molar-refractivity contribution in [1.29, 1.82) is 0 Å². The Morgan fingerprint density at radius 2 is 1.81 bits per heavy atom. The van der Waals surface area contributed by atoms with E-state index >= 15 is 0 Å². The first kappa shape index (κ1) is 21.8. The highest BCUT2D eigenvalue weighted by atomic mass is 16.5. The molecule has 7 heteroatoms. The lowest BCUT2D eigenvalue weighted by molar-refractivity contribution is -0.131. The highest BCUT2D eigenvalue weighted by Gasteiger charge is 2.37. The van der Waals surface area contributed by atoms with Crippen molar-refractivity contribution in [2.45, 2.75) is 63.9 Å². The molecular weight excluding hydrogens is 398 g/mol. The van der Waals surface area contributed by atoms with E-state index in [9.17, 15) is 9.59 Å². The summed E-state index contributed by atoms with van der Waals surface area (Å²) >= 11 is 0. The van der Waals surface area contributed by atoms with Gasteiger partial charge in [-0.1, -0.05) is 6.42 Å². The lowest BCUT2D eigenvalue weighted by atomic mass is 9.79. The van der Waals surface area contributed by atoms with Crippen LogP contribution in [0.5, 0.6) is 5.75 Å². The molecular formula is C24H31NO6. The second-order valence-electron chi connectivity index (χ2n) is 8.80. The SMILES string of the molecule is Cc1c(CC(=O)N(CCO)CCO)c(=O)oc2cc3c(cc12)CCC1(CCCCC1)O3. The number of aliphatic hydroxyl groups excluding tert-OH is 2. The molecule has 168 valence electrons. The van der Waals surface area contributed by atoms with Gasteiger partial charge in [0.05, 0.1) is 25.2 Å². The number of carbonyl (C=O) groups excluding carboxylic acids is 1. The maximum absolute atomic E-state index is 12.7. The number of aryl methyl sites for hydroxylation is 2. The van der Waals surface area contributed by atoms with E-state index in [2.05, 4.69) is 0 Å². The molecule has 1 amide bonds. The van der Waals surface area contributed by atoms with E-state index in [4.69, 9.17) is 19.4 Å². The number of benzene rings is 1. The van der Waals surface area contributed by atoms with Gasteiger partial charge in [-0.2, -0.15) is 0 Å². The Labute approximate surface area is 181 Å². The molecule has 7 nitrogen and oxygen atoms in total. The minimum absolute atomic E-state index is 0.0799. The first-order chi connectivity index (χ1) is 15.0. The number of nitrogens with zero attached hydrogens (tertiary/aromatic N) is 1. The van der Waals surface area contributed by atoms with Crippen LogP contribution < -0.4 is 10.4 Å². The topological polar surface area (TPSA) is 100 Å². The molecule has 2 aromatic rings. The molecule has 2 aliphatic rings. The minimum Gasteiger partial charge on any atom is -0.487 e. The van der Waals surface area contributed by atoms with Gasteiger partial charge in [0.15, 0.2) is 0 Å². The molecule has 31 heavy (non-hydrogen) atoms. The number of aliphatic hydroxyl groups is 2. The van der Waals surface area contributed by atoms with Crippen LogP contribution in [0.3, 0.4) is 0 Å². The summed E-state index contributed by atoms with van der Waals surface area (Å²) in [5.74, 6) is 0.488. The molecule has 1 aliphatic carbocycles. The molecule has 0 bridgehead atoms. The van der Waals surface area contributed by atoms with E-state index in [0.29, 0.717) is 11.1 Å². The maximum atomic E-state index is 12.7. The van der Waals surface area contributed by atoms with Crippen molar-refractivity contribution in [3.05, 3.63) is 39.2 Å². The summed E-state index contributed by atoms with van der Waals surface area (Å²) < 4.78 is 12.1. The summed E-state index contributed by atoms with van der Waals surface area (Å²) in [7, 11) is 0. The zero-order chi connectivity index (χ0) is 22.0. The fourth-order valence-electron chi connectivity index (χ4n) is 5.02. The van der Waals surface area contributed by atoms with Crippen LogP contribution in [0.1, 0.15) is 55.2 Å². The molecule has 2 N–H and O–H groups in total. The van der Waals surface area contributed by atoms with Gasteiger partial charge in [0.2, 0.25) is 5.91 Å². The molecule has 1 aliphatic heterocycles. The maximum Gasteiger partial charge on any atom is 0.340 e. The van der Waals surface area contributed by atoms with Gasteiger partial charge < -0.3 is 24.3 Å². The van der Waals surface area contributed by atoms with E-state index in [-0.39, 0.29) is 44.2 Å². The Morgan fingerprint density at radius 1 is 1.10 bits per heavy atom. The number of amides is 1. The largest absolute Gasteiger partial charge is 0.487 e. The lowest BCUT2D eigenvalue weighted by Gasteiger charge is -2.41. The van der Waals surface area contributed by atoms with Gasteiger partial charge in [-0.15, -0.1) is 0 Å². The van der Waals surface area contributed by atoms with Crippen LogP contribution in [0.15, 0.2) is 21.3 Å². The molecule has 0 atom stereocenters. The third-order valence-electron chi connectivity index (χ3n) is 6.83. The number of carbonyl (C=O) groups is 1. The molecule has 0 unspecified atom stereocenters. The molecule has 1 aromatic carbocycles. The van der Waals surface area contributed by atoms with Gasteiger partial charge in [0.25, 0.3) is 0 Å². The molecule has 4 rings (SSSR count). The molecule has 0 radical (unpaired) electrons. The van der Waals surface area contributed by atoms with Gasteiger partial charge in [-0.25, -0.2) is 4.79 Å². The predicted octanol–water partition coefficient (Wildman–Crippen LogP) is 2.49. The van der Waals surface area contributed by atoms with Gasteiger partial charge in [-0.05, 0) is 62.6 Å². The van der Waals surface area contributed by atoms with Crippen LogP contribution in [0, 0.1) is 6.92 Å². The molecule has 1 aromatic heterocycles. The van der Waals surface area contributed by atoms with Crippen molar-refractivity contribution in [1.82, 2.24) is 4.90 Å². The van der Waals surface area contributed by atoms with E-state index in [1.807, 2.05) is 19.1 Å². The van der Waals surface area contributed by atoms with Crippen LogP contribution in [-0.4, -0.2) is 52.9 Å². The summed E-state index contributed by atoms with van der Waals surface area (Å²) in [4.78, 5) is 26.7. The van der Waals surface area contributed by atoms with Crippen LogP contribution in [-0.2, 0) is 17.6 Å². The van der Waals surface area contributed by atoms with Crippen LogP contribution in [0.4, 0.5) is 0 Å². The number of hydrogen-bond donors (Lipinski definition) is 2. The minimum atomic E-state index is -0.533. The summed E-state index contributed by atoms with van der Waals surface area (Å²) in [6.45, 7) is 1.66. The molecule has 2 heterocycles. The Kier molecular flexibility index (Phi) is 6.34. The zero-order valence-electron chi connectivity index (χ0n) is 18.1. The third-order valence-corrected chi connectivity index (χ3v) is 6.83. The Balaban J connectivity index is 1.65. The number of rotatable bonds is 6. The predicted molar refractivity (Wildman–Crippen MR) is 116 cm³/mol. The van der Waals surface area contributed by atoms with Gasteiger partial charge in [-0.3, -0.25) is 4.79 Å². The van der Waals surface area contributed by atoms with Crippen LogP contribution in [0.25, 0.3) is 11.0 Å².